The van der Waals surface area contributed by atoms with E-state index in [1.165, 1.54) is 7.11 Å². The number of carbonyl (C=O) groups is 2. The fourth-order valence-corrected chi connectivity index (χ4v) is 3.79. The maximum Gasteiger partial charge on any atom is 0.341 e. The number of likely N-dealkylation sites (tertiary alicyclic amines) is 2. The second kappa shape index (κ2) is 5.91. The first-order valence-electron chi connectivity index (χ1n) is 7.85. The minimum absolute atomic E-state index is 0.104. The van der Waals surface area contributed by atoms with Crippen molar-refractivity contribution >= 4 is 11.9 Å². The van der Waals surface area contributed by atoms with Gasteiger partial charge in [-0.2, -0.15) is 0 Å². The molecule has 1 saturated carbocycles. The quantitative estimate of drug-likeness (QED) is 0.726. The largest absolute Gasteiger partial charge is 0.467 e. The first-order valence-corrected chi connectivity index (χ1v) is 7.85. The molecule has 0 aromatic carbocycles. The molecule has 0 aromatic heterocycles. The maximum absolute atomic E-state index is 13.7. The van der Waals surface area contributed by atoms with Gasteiger partial charge in [-0.15, -0.1) is 0 Å². The number of rotatable bonds is 4. The maximum atomic E-state index is 13.7. The van der Waals surface area contributed by atoms with Crippen LogP contribution in [0, 0.1) is 5.92 Å². The van der Waals surface area contributed by atoms with Crippen LogP contribution in [0.2, 0.25) is 0 Å². The number of methoxy groups -OCH3 is 1. The molecule has 2 saturated heterocycles. The van der Waals surface area contributed by atoms with Crippen LogP contribution < -0.4 is 0 Å². The monoisotopic (exact) mass is 298 g/mol. The number of fused-ring (bicyclic) bond motifs is 1. The van der Waals surface area contributed by atoms with Gasteiger partial charge in [0.2, 0.25) is 12.1 Å². The van der Waals surface area contributed by atoms with E-state index >= 15 is 0 Å². The van der Waals surface area contributed by atoms with E-state index in [0.29, 0.717) is 30.3 Å². The van der Waals surface area contributed by atoms with Gasteiger partial charge in [-0.25, -0.2) is 9.18 Å². The van der Waals surface area contributed by atoms with Crippen LogP contribution in [0.5, 0.6) is 0 Å². The van der Waals surface area contributed by atoms with Crippen molar-refractivity contribution in [2.75, 3.05) is 26.7 Å². The van der Waals surface area contributed by atoms with Gasteiger partial charge in [0, 0.05) is 38.1 Å². The number of halogens is 1. The van der Waals surface area contributed by atoms with Gasteiger partial charge >= 0.3 is 5.97 Å². The fourth-order valence-electron chi connectivity index (χ4n) is 3.79. The zero-order valence-corrected chi connectivity index (χ0v) is 12.5. The summed E-state index contributed by atoms with van der Waals surface area (Å²) in [6, 6.07) is 0.784. The van der Waals surface area contributed by atoms with Gasteiger partial charge < -0.3 is 9.64 Å². The molecule has 0 bridgehead atoms. The number of nitrogens with zero attached hydrogens (tertiary/aromatic N) is 2. The summed E-state index contributed by atoms with van der Waals surface area (Å²) in [6.45, 7) is 1.63. The lowest BCUT2D eigenvalue weighted by Gasteiger charge is -2.47. The molecule has 118 valence electrons. The van der Waals surface area contributed by atoms with E-state index in [0.717, 1.165) is 38.8 Å². The number of amides is 1. The standard InChI is InChI=1S/C15H23FN2O3/c1-21-15(20)12(16)9-17-7-6-13-10(8-17)2-5-14(19)18(13)11-3-4-11/h10-13H,2-9H2,1H3/t10-,12+,13+/m0/s1. The van der Waals surface area contributed by atoms with Gasteiger partial charge in [0.25, 0.3) is 0 Å². The Kier molecular flexibility index (Phi) is 4.15. The zero-order valence-electron chi connectivity index (χ0n) is 12.5. The van der Waals surface area contributed by atoms with Crippen molar-refractivity contribution in [2.24, 2.45) is 5.92 Å². The van der Waals surface area contributed by atoms with Crippen LogP contribution in [0.15, 0.2) is 0 Å². The summed E-state index contributed by atoms with van der Waals surface area (Å²) in [6.07, 6.45) is 3.08. The van der Waals surface area contributed by atoms with Crippen LogP contribution in [0.3, 0.4) is 0 Å². The molecular weight excluding hydrogens is 275 g/mol. The minimum Gasteiger partial charge on any atom is -0.467 e. The lowest BCUT2D eigenvalue weighted by atomic mass is 9.83. The number of carbonyl (C=O) groups excluding carboxylic acids is 2. The Bertz CT molecular complexity index is 427. The molecule has 0 radical (unpaired) electrons. The second-order valence-corrected chi connectivity index (χ2v) is 6.44. The van der Waals surface area contributed by atoms with Gasteiger partial charge in [-0.3, -0.25) is 9.69 Å². The van der Waals surface area contributed by atoms with Crippen LogP contribution in [-0.4, -0.2) is 66.7 Å². The highest BCUT2D eigenvalue weighted by Gasteiger charge is 2.45. The molecule has 3 rings (SSSR count). The van der Waals surface area contributed by atoms with Crippen LogP contribution in [0.4, 0.5) is 4.39 Å². The molecule has 0 N–H and O–H groups in total. The molecule has 2 aliphatic heterocycles. The SMILES string of the molecule is COC(=O)[C@H](F)CN1CC[C@@H]2[C@@H](CCC(=O)N2C2CC2)C1. The number of ether oxygens (including phenoxy) is 1. The highest BCUT2D eigenvalue weighted by molar-refractivity contribution is 5.78. The van der Waals surface area contributed by atoms with Crippen LogP contribution >= 0.6 is 0 Å². The third-order valence-corrected chi connectivity index (χ3v) is 4.97. The molecule has 6 heteroatoms. The van der Waals surface area contributed by atoms with Crippen molar-refractivity contribution < 1.29 is 18.7 Å². The van der Waals surface area contributed by atoms with E-state index < -0.39 is 12.1 Å². The number of hydrogen-bond donors (Lipinski definition) is 0. The number of piperidine rings is 2. The van der Waals surface area contributed by atoms with Crippen molar-refractivity contribution in [1.82, 2.24) is 9.80 Å². The predicted octanol–water partition coefficient (Wildman–Crippen LogP) is 0.973. The van der Waals surface area contributed by atoms with E-state index in [1.807, 2.05) is 4.90 Å². The van der Waals surface area contributed by atoms with Gasteiger partial charge in [0.1, 0.15) is 0 Å². The molecule has 1 amide bonds. The summed E-state index contributed by atoms with van der Waals surface area (Å²) in [5.41, 5.74) is 0. The molecule has 3 aliphatic rings. The van der Waals surface area contributed by atoms with Crippen LogP contribution in [-0.2, 0) is 14.3 Å². The normalized spacial score (nSPS) is 31.7. The van der Waals surface area contributed by atoms with E-state index in [9.17, 15) is 14.0 Å². The lowest BCUT2D eigenvalue weighted by Crippen LogP contribution is -2.57. The zero-order chi connectivity index (χ0) is 15.0. The number of hydrogen-bond acceptors (Lipinski definition) is 4. The summed E-state index contributed by atoms with van der Waals surface area (Å²) in [5.74, 6) is -0.0809. The van der Waals surface area contributed by atoms with Crippen molar-refractivity contribution in [3.05, 3.63) is 0 Å². The van der Waals surface area contributed by atoms with Gasteiger partial charge in [0.15, 0.2) is 0 Å². The van der Waals surface area contributed by atoms with E-state index in [2.05, 4.69) is 9.64 Å². The first-order chi connectivity index (χ1) is 10.1. The first kappa shape index (κ1) is 14.8. The smallest absolute Gasteiger partial charge is 0.341 e. The molecule has 3 fully saturated rings. The molecular formula is C15H23FN2O3. The minimum atomic E-state index is -1.57. The Morgan fingerprint density at radius 3 is 2.81 bits per heavy atom. The third-order valence-electron chi connectivity index (χ3n) is 4.97. The summed E-state index contributed by atoms with van der Waals surface area (Å²) < 4.78 is 18.1. The average molecular weight is 298 g/mol. The predicted molar refractivity (Wildman–Crippen MR) is 74.3 cm³/mol. The van der Waals surface area contributed by atoms with Crippen molar-refractivity contribution in [2.45, 2.75) is 50.4 Å². The Labute approximate surface area is 124 Å². The van der Waals surface area contributed by atoms with Crippen molar-refractivity contribution in [1.29, 1.82) is 0 Å². The van der Waals surface area contributed by atoms with Crippen LogP contribution in [0.25, 0.3) is 0 Å². The molecule has 3 atom stereocenters. The molecule has 5 nitrogen and oxygen atoms in total. The highest BCUT2D eigenvalue weighted by Crippen LogP contribution is 2.38. The van der Waals surface area contributed by atoms with Gasteiger partial charge in [-0.05, 0) is 31.6 Å². The molecule has 0 unspecified atom stereocenters. The third kappa shape index (κ3) is 3.05. The Balaban J connectivity index is 1.58. The molecule has 2 heterocycles. The van der Waals surface area contributed by atoms with E-state index in [1.54, 1.807) is 0 Å². The van der Waals surface area contributed by atoms with Crippen molar-refractivity contribution in [3.8, 4) is 0 Å². The van der Waals surface area contributed by atoms with Crippen molar-refractivity contribution in [3.63, 3.8) is 0 Å². The molecule has 0 aromatic rings. The van der Waals surface area contributed by atoms with E-state index in [4.69, 9.17) is 0 Å². The second-order valence-electron chi connectivity index (χ2n) is 6.44. The summed E-state index contributed by atoms with van der Waals surface area (Å²) in [5, 5.41) is 0. The van der Waals surface area contributed by atoms with E-state index in [-0.39, 0.29) is 6.54 Å². The topological polar surface area (TPSA) is 49.9 Å². The highest BCUT2D eigenvalue weighted by atomic mass is 19.1. The fraction of sp³-hybridized carbons (Fsp3) is 0.867. The summed E-state index contributed by atoms with van der Waals surface area (Å²) in [7, 11) is 1.21. The molecule has 1 aliphatic carbocycles. The van der Waals surface area contributed by atoms with Gasteiger partial charge in [-0.1, -0.05) is 0 Å². The molecule has 21 heavy (non-hydrogen) atoms. The Morgan fingerprint density at radius 1 is 1.38 bits per heavy atom. The number of alkyl halides is 1. The van der Waals surface area contributed by atoms with Gasteiger partial charge in [0.05, 0.1) is 7.11 Å². The van der Waals surface area contributed by atoms with Crippen LogP contribution in [0.1, 0.15) is 32.1 Å². The lowest BCUT2D eigenvalue weighted by molar-refractivity contribution is -0.148. The summed E-state index contributed by atoms with van der Waals surface area (Å²) in [4.78, 5) is 27.4. The average Bonchev–Trinajstić information content (AvgIpc) is 3.31. The number of esters is 1. The Hall–Kier alpha value is -1.17. The Morgan fingerprint density at radius 2 is 2.14 bits per heavy atom. The molecule has 0 spiro atoms. The summed E-state index contributed by atoms with van der Waals surface area (Å²) >= 11 is 0.